The van der Waals surface area contributed by atoms with E-state index < -0.39 is 12.2 Å². The van der Waals surface area contributed by atoms with Gasteiger partial charge in [-0.3, -0.25) is 0 Å². The van der Waals surface area contributed by atoms with E-state index in [0.29, 0.717) is 26.3 Å². The Kier molecular flexibility index (Phi) is 4.39. The predicted molar refractivity (Wildman–Crippen MR) is 71.1 cm³/mol. The number of nitrogens with zero attached hydrogens (tertiary/aromatic N) is 2. The highest BCUT2D eigenvalue weighted by Gasteiger charge is 2.31. The standard InChI is InChI=1S/C13H19N4O4/c18-12(10-7-14-1-5-20-10)16-3-4-17(9-16)13(19)11-8-15-2-6-21-11/h3-4,9-11,14-15H,1-2,5-8H2/q+1. The van der Waals surface area contributed by atoms with E-state index in [9.17, 15) is 9.59 Å². The number of hydrogen-bond acceptors (Lipinski definition) is 6. The van der Waals surface area contributed by atoms with Crippen LogP contribution in [0.25, 0.3) is 0 Å². The molecule has 0 bridgehead atoms. The first-order valence-electron chi connectivity index (χ1n) is 7.08. The Morgan fingerprint density at radius 3 is 2.38 bits per heavy atom. The first-order chi connectivity index (χ1) is 10.3. The second-order valence-corrected chi connectivity index (χ2v) is 5.03. The molecule has 2 N–H and O–H groups in total. The molecular formula is C13H19N4O4+. The van der Waals surface area contributed by atoms with Crippen molar-refractivity contribution in [2.24, 2.45) is 0 Å². The second-order valence-electron chi connectivity index (χ2n) is 5.03. The first-order valence-corrected chi connectivity index (χ1v) is 7.08. The summed E-state index contributed by atoms with van der Waals surface area (Å²) < 4.78 is 13.6. The Morgan fingerprint density at radius 1 is 1.10 bits per heavy atom. The van der Waals surface area contributed by atoms with Crippen LogP contribution in [-0.2, 0) is 9.47 Å². The number of nitrogens with one attached hydrogen (secondary N) is 2. The van der Waals surface area contributed by atoms with Crippen LogP contribution in [0.3, 0.4) is 0 Å². The summed E-state index contributed by atoms with van der Waals surface area (Å²) in [6.07, 6.45) is 3.58. The van der Waals surface area contributed by atoms with E-state index in [1.807, 2.05) is 0 Å². The van der Waals surface area contributed by atoms with E-state index in [0.717, 1.165) is 13.1 Å². The van der Waals surface area contributed by atoms with Crippen LogP contribution in [0, 0.1) is 0 Å². The number of ether oxygens (including phenoxy) is 2. The molecule has 2 saturated heterocycles. The van der Waals surface area contributed by atoms with Crippen LogP contribution >= 0.6 is 0 Å². The molecule has 3 rings (SSSR count). The van der Waals surface area contributed by atoms with Gasteiger partial charge in [-0.2, -0.15) is 9.13 Å². The van der Waals surface area contributed by atoms with Crippen molar-refractivity contribution in [3.05, 3.63) is 18.7 Å². The zero-order valence-electron chi connectivity index (χ0n) is 11.7. The zero-order valence-corrected chi connectivity index (χ0v) is 11.7. The lowest BCUT2D eigenvalue weighted by Gasteiger charge is -2.20. The quantitative estimate of drug-likeness (QED) is 0.616. The molecule has 8 nitrogen and oxygen atoms in total. The lowest BCUT2D eigenvalue weighted by Crippen LogP contribution is -2.55. The maximum absolute atomic E-state index is 12.2. The topological polar surface area (TPSA) is 85.5 Å². The molecule has 0 radical (unpaired) electrons. The van der Waals surface area contributed by atoms with Crippen molar-refractivity contribution in [1.29, 1.82) is 0 Å². The fraction of sp³-hybridized carbons (Fsp3) is 0.615. The molecule has 2 unspecified atom stereocenters. The Morgan fingerprint density at radius 2 is 1.76 bits per heavy atom. The fourth-order valence-electron chi connectivity index (χ4n) is 2.40. The lowest BCUT2D eigenvalue weighted by atomic mass is 10.3. The highest BCUT2D eigenvalue weighted by molar-refractivity contribution is 5.83. The third-order valence-corrected chi connectivity index (χ3v) is 3.55. The zero-order chi connectivity index (χ0) is 14.7. The van der Waals surface area contributed by atoms with Crippen LogP contribution in [0.1, 0.15) is 9.59 Å². The molecule has 2 atom stereocenters. The summed E-state index contributed by atoms with van der Waals surface area (Å²) in [5.41, 5.74) is 0. The van der Waals surface area contributed by atoms with Gasteiger partial charge < -0.3 is 20.1 Å². The monoisotopic (exact) mass is 295 g/mol. The van der Waals surface area contributed by atoms with E-state index in [-0.39, 0.29) is 11.8 Å². The maximum atomic E-state index is 12.2. The van der Waals surface area contributed by atoms with Crippen molar-refractivity contribution in [2.75, 3.05) is 39.4 Å². The van der Waals surface area contributed by atoms with Gasteiger partial charge in [0.25, 0.3) is 6.33 Å². The highest BCUT2D eigenvalue weighted by Crippen LogP contribution is 2.01. The Hall–Kier alpha value is -1.61. The summed E-state index contributed by atoms with van der Waals surface area (Å²) in [4.78, 5) is 24.5. The van der Waals surface area contributed by atoms with Crippen molar-refractivity contribution in [1.82, 2.24) is 15.2 Å². The van der Waals surface area contributed by atoms with Crippen LogP contribution < -0.4 is 15.2 Å². The van der Waals surface area contributed by atoms with Crippen LogP contribution in [0.2, 0.25) is 0 Å². The molecule has 2 fully saturated rings. The number of rotatable bonds is 2. The summed E-state index contributed by atoms with van der Waals surface area (Å²) in [6.45, 7) is 3.50. The number of imidazole rings is 1. The Labute approximate surface area is 122 Å². The number of morpholine rings is 2. The van der Waals surface area contributed by atoms with Gasteiger partial charge in [-0.05, 0) is 0 Å². The molecule has 1 aromatic rings. The average molecular weight is 295 g/mol. The molecule has 0 aliphatic carbocycles. The molecule has 0 spiro atoms. The van der Waals surface area contributed by atoms with Gasteiger partial charge >= 0.3 is 11.8 Å². The minimum atomic E-state index is -0.512. The maximum Gasteiger partial charge on any atom is 0.344 e. The lowest BCUT2D eigenvalue weighted by molar-refractivity contribution is -0.577. The summed E-state index contributed by atoms with van der Waals surface area (Å²) in [5, 5.41) is 6.21. The molecule has 8 heteroatoms. The molecule has 114 valence electrons. The van der Waals surface area contributed by atoms with Crippen molar-refractivity contribution >= 4 is 11.8 Å². The Balaban J connectivity index is 1.67. The predicted octanol–water partition coefficient (Wildman–Crippen LogP) is -1.97. The van der Waals surface area contributed by atoms with Gasteiger partial charge in [-0.25, -0.2) is 9.59 Å². The van der Waals surface area contributed by atoms with E-state index >= 15 is 0 Å². The van der Waals surface area contributed by atoms with E-state index in [1.54, 1.807) is 12.4 Å². The third kappa shape index (κ3) is 3.18. The first kappa shape index (κ1) is 14.3. The van der Waals surface area contributed by atoms with Crippen LogP contribution in [0.5, 0.6) is 0 Å². The van der Waals surface area contributed by atoms with Crippen molar-refractivity contribution in [3.8, 4) is 0 Å². The van der Waals surface area contributed by atoms with Gasteiger partial charge in [0, 0.05) is 26.2 Å². The molecule has 2 aliphatic rings. The summed E-state index contributed by atoms with van der Waals surface area (Å²) in [6, 6.07) is 0. The molecule has 21 heavy (non-hydrogen) atoms. The van der Waals surface area contributed by atoms with Gasteiger partial charge in [0.15, 0.2) is 12.2 Å². The number of hydrogen-bond donors (Lipinski definition) is 2. The van der Waals surface area contributed by atoms with Gasteiger partial charge in [-0.1, -0.05) is 0 Å². The van der Waals surface area contributed by atoms with Gasteiger partial charge in [-0.15, -0.1) is 0 Å². The van der Waals surface area contributed by atoms with Gasteiger partial charge in [0.2, 0.25) is 0 Å². The molecular weight excluding hydrogens is 276 g/mol. The van der Waals surface area contributed by atoms with Gasteiger partial charge in [0.1, 0.15) is 12.4 Å². The van der Waals surface area contributed by atoms with Crippen molar-refractivity contribution < 1.29 is 23.6 Å². The Bertz CT molecular complexity index is 473. The average Bonchev–Trinajstić information content (AvgIpc) is 3.05. The minimum Gasteiger partial charge on any atom is -0.363 e. The van der Waals surface area contributed by atoms with Gasteiger partial charge in [0.05, 0.1) is 13.2 Å². The van der Waals surface area contributed by atoms with Crippen molar-refractivity contribution in [2.45, 2.75) is 12.2 Å². The molecule has 3 heterocycles. The summed E-state index contributed by atoms with van der Waals surface area (Å²) in [5.74, 6) is -0.368. The highest BCUT2D eigenvalue weighted by atomic mass is 16.5. The number of carbonyl (C=O) groups excluding carboxylic acids is 2. The number of aromatic nitrogens is 2. The molecule has 0 amide bonds. The largest absolute Gasteiger partial charge is 0.363 e. The minimum absolute atomic E-state index is 0.184. The van der Waals surface area contributed by atoms with E-state index in [4.69, 9.17) is 9.47 Å². The normalized spacial score (nSPS) is 26.5. The van der Waals surface area contributed by atoms with Crippen LogP contribution in [0.15, 0.2) is 18.7 Å². The molecule has 0 aromatic carbocycles. The number of carbonyl (C=O) groups is 2. The van der Waals surface area contributed by atoms with Crippen LogP contribution in [0.4, 0.5) is 0 Å². The van der Waals surface area contributed by atoms with Crippen molar-refractivity contribution in [3.63, 3.8) is 0 Å². The van der Waals surface area contributed by atoms with E-state index in [2.05, 4.69) is 10.6 Å². The molecule has 1 aromatic heterocycles. The van der Waals surface area contributed by atoms with Crippen LogP contribution in [-0.4, -0.2) is 68.0 Å². The fourth-order valence-corrected chi connectivity index (χ4v) is 2.40. The third-order valence-electron chi connectivity index (χ3n) is 3.55. The van der Waals surface area contributed by atoms with E-state index in [1.165, 1.54) is 15.5 Å². The molecule has 2 aliphatic heterocycles. The molecule has 0 saturated carbocycles. The SMILES string of the molecule is O=C(C1CNCCO1)n1cc[n+](C(=O)C2CNCCO2)c1. The summed E-state index contributed by atoms with van der Waals surface area (Å²) in [7, 11) is 0. The second kappa shape index (κ2) is 6.44. The summed E-state index contributed by atoms with van der Waals surface area (Å²) >= 11 is 0. The smallest absolute Gasteiger partial charge is 0.344 e.